The lowest BCUT2D eigenvalue weighted by Gasteiger charge is -2.11. The second-order valence-electron chi connectivity index (χ2n) is 6.57. The van der Waals surface area contributed by atoms with Crippen LogP contribution in [0.1, 0.15) is 17.5 Å². The predicted octanol–water partition coefficient (Wildman–Crippen LogP) is 4.69. The van der Waals surface area contributed by atoms with Crippen molar-refractivity contribution in [2.75, 3.05) is 12.4 Å². The molecule has 1 saturated heterocycles. The van der Waals surface area contributed by atoms with Gasteiger partial charge in [0.05, 0.1) is 10.7 Å². The molecule has 8 heteroatoms. The zero-order valence-electron chi connectivity index (χ0n) is 15.6. The number of nitrogens with one attached hydrogen (secondary N) is 1. The van der Waals surface area contributed by atoms with Crippen molar-refractivity contribution in [2.24, 2.45) is 4.99 Å². The third kappa shape index (κ3) is 4.54. The molecule has 2 amide bonds. The molecule has 1 atom stereocenters. The van der Waals surface area contributed by atoms with Gasteiger partial charge in [0.15, 0.2) is 5.17 Å². The van der Waals surface area contributed by atoms with Crippen LogP contribution in [0.3, 0.4) is 0 Å². The molecular formula is C20H19ClFN3O2S. The highest BCUT2D eigenvalue weighted by Gasteiger charge is 2.37. The van der Waals surface area contributed by atoms with Crippen LogP contribution in [0.2, 0.25) is 5.02 Å². The number of carbonyl (C=O) groups is 2. The number of nitrogens with zero attached hydrogens (tertiary/aromatic N) is 2. The van der Waals surface area contributed by atoms with Crippen LogP contribution < -0.4 is 5.32 Å². The first-order valence-electron chi connectivity index (χ1n) is 8.59. The van der Waals surface area contributed by atoms with E-state index in [-0.39, 0.29) is 23.3 Å². The molecule has 5 nitrogen and oxygen atoms in total. The summed E-state index contributed by atoms with van der Waals surface area (Å²) in [6, 6.07) is 9.85. The average molecular weight is 420 g/mol. The Morgan fingerprint density at radius 1 is 1.29 bits per heavy atom. The number of rotatable bonds is 4. The Morgan fingerprint density at radius 3 is 2.71 bits per heavy atom. The molecule has 0 saturated carbocycles. The van der Waals surface area contributed by atoms with E-state index in [1.165, 1.54) is 34.9 Å². The van der Waals surface area contributed by atoms with E-state index in [0.29, 0.717) is 10.9 Å². The highest BCUT2D eigenvalue weighted by molar-refractivity contribution is 8.15. The number of aryl methyl sites for hydroxylation is 2. The van der Waals surface area contributed by atoms with Gasteiger partial charge >= 0.3 is 0 Å². The molecule has 0 aromatic heterocycles. The number of carbonyl (C=O) groups excluding carboxylic acids is 2. The van der Waals surface area contributed by atoms with Crippen molar-refractivity contribution in [3.8, 4) is 0 Å². The van der Waals surface area contributed by atoms with Gasteiger partial charge in [0, 0.05) is 19.2 Å². The van der Waals surface area contributed by atoms with Gasteiger partial charge in [-0.25, -0.2) is 9.38 Å². The highest BCUT2D eigenvalue weighted by atomic mass is 35.5. The molecule has 1 heterocycles. The Labute approximate surface area is 172 Å². The van der Waals surface area contributed by atoms with Gasteiger partial charge in [0.2, 0.25) is 11.8 Å². The second kappa shape index (κ2) is 8.32. The first kappa shape index (κ1) is 20.4. The van der Waals surface area contributed by atoms with Gasteiger partial charge in [0.25, 0.3) is 0 Å². The Hall–Kier alpha value is -2.38. The molecule has 1 aliphatic rings. The normalized spacial score (nSPS) is 18.0. The molecule has 146 valence electrons. The summed E-state index contributed by atoms with van der Waals surface area (Å²) >= 11 is 6.98. The summed E-state index contributed by atoms with van der Waals surface area (Å²) in [6.45, 7) is 3.90. The SMILES string of the molecule is Cc1ccc(NC(=O)C[C@@H]2SC(=Nc3ccc(F)c(Cl)c3)N(C)C2=O)c(C)c1. The first-order chi connectivity index (χ1) is 13.2. The van der Waals surface area contributed by atoms with Crippen molar-refractivity contribution < 1.29 is 14.0 Å². The summed E-state index contributed by atoms with van der Waals surface area (Å²) in [7, 11) is 1.60. The predicted molar refractivity (Wildman–Crippen MR) is 112 cm³/mol. The van der Waals surface area contributed by atoms with Crippen LogP contribution in [0.25, 0.3) is 0 Å². The van der Waals surface area contributed by atoms with Crippen LogP contribution >= 0.6 is 23.4 Å². The fourth-order valence-corrected chi connectivity index (χ4v) is 4.11. The van der Waals surface area contributed by atoms with Gasteiger partial charge in [-0.2, -0.15) is 0 Å². The minimum atomic E-state index is -0.564. The summed E-state index contributed by atoms with van der Waals surface area (Å²) in [6.07, 6.45) is 0.0321. The molecule has 1 aliphatic heterocycles. The number of hydrogen-bond donors (Lipinski definition) is 1. The topological polar surface area (TPSA) is 61.8 Å². The molecule has 2 aromatic carbocycles. The summed E-state index contributed by atoms with van der Waals surface area (Å²) in [4.78, 5) is 30.7. The minimum Gasteiger partial charge on any atom is -0.326 e. The quantitative estimate of drug-likeness (QED) is 0.782. The average Bonchev–Trinajstić information content (AvgIpc) is 2.88. The van der Waals surface area contributed by atoms with Crippen molar-refractivity contribution in [1.82, 2.24) is 4.90 Å². The maximum atomic E-state index is 13.3. The van der Waals surface area contributed by atoms with E-state index in [4.69, 9.17) is 11.6 Å². The number of amidine groups is 1. The maximum absolute atomic E-state index is 13.3. The van der Waals surface area contributed by atoms with Gasteiger partial charge in [-0.1, -0.05) is 41.1 Å². The monoisotopic (exact) mass is 419 g/mol. The molecule has 28 heavy (non-hydrogen) atoms. The number of hydrogen-bond acceptors (Lipinski definition) is 4. The van der Waals surface area contributed by atoms with Gasteiger partial charge in [-0.3, -0.25) is 14.5 Å². The van der Waals surface area contributed by atoms with E-state index < -0.39 is 11.1 Å². The summed E-state index contributed by atoms with van der Waals surface area (Å²) in [5.41, 5.74) is 3.25. The van der Waals surface area contributed by atoms with Crippen LogP contribution in [0.15, 0.2) is 41.4 Å². The van der Waals surface area contributed by atoms with E-state index in [9.17, 15) is 14.0 Å². The minimum absolute atomic E-state index is 0.0321. The van der Waals surface area contributed by atoms with Gasteiger partial charge < -0.3 is 5.32 Å². The summed E-state index contributed by atoms with van der Waals surface area (Å²) in [5.74, 6) is -0.972. The van der Waals surface area contributed by atoms with Gasteiger partial charge in [-0.05, 0) is 43.7 Å². The Kier molecular flexibility index (Phi) is 6.05. The third-order valence-corrected chi connectivity index (χ3v) is 5.81. The number of benzene rings is 2. The molecule has 0 radical (unpaired) electrons. The molecule has 0 spiro atoms. The van der Waals surface area contributed by atoms with Crippen molar-refractivity contribution in [1.29, 1.82) is 0 Å². The second-order valence-corrected chi connectivity index (χ2v) is 8.14. The van der Waals surface area contributed by atoms with Crippen LogP contribution in [0, 0.1) is 19.7 Å². The van der Waals surface area contributed by atoms with Gasteiger partial charge in [-0.15, -0.1) is 0 Å². The smallest absolute Gasteiger partial charge is 0.242 e. The highest BCUT2D eigenvalue weighted by Crippen LogP contribution is 2.32. The molecule has 1 N–H and O–H groups in total. The number of aliphatic imine (C=N–C) groups is 1. The van der Waals surface area contributed by atoms with Crippen LogP contribution in [-0.2, 0) is 9.59 Å². The van der Waals surface area contributed by atoms with E-state index in [2.05, 4.69) is 10.3 Å². The summed E-state index contributed by atoms with van der Waals surface area (Å²) < 4.78 is 13.3. The molecule has 0 aliphatic carbocycles. The Bertz CT molecular complexity index is 980. The lowest BCUT2D eigenvalue weighted by atomic mass is 10.1. The van der Waals surface area contributed by atoms with Gasteiger partial charge in [0.1, 0.15) is 11.1 Å². The van der Waals surface area contributed by atoms with Crippen LogP contribution in [-0.4, -0.2) is 34.2 Å². The first-order valence-corrected chi connectivity index (χ1v) is 9.85. The number of amides is 2. The van der Waals surface area contributed by atoms with E-state index in [0.717, 1.165) is 16.8 Å². The fourth-order valence-electron chi connectivity index (χ4n) is 2.79. The van der Waals surface area contributed by atoms with Crippen LogP contribution in [0.5, 0.6) is 0 Å². The van der Waals surface area contributed by atoms with Crippen molar-refractivity contribution in [3.63, 3.8) is 0 Å². The maximum Gasteiger partial charge on any atom is 0.242 e. The fraction of sp³-hybridized carbons (Fsp3) is 0.250. The molecule has 1 fully saturated rings. The van der Waals surface area contributed by atoms with E-state index in [1.807, 2.05) is 32.0 Å². The van der Waals surface area contributed by atoms with E-state index in [1.54, 1.807) is 7.05 Å². The largest absolute Gasteiger partial charge is 0.326 e. The zero-order valence-corrected chi connectivity index (χ0v) is 17.2. The van der Waals surface area contributed by atoms with Crippen LogP contribution in [0.4, 0.5) is 15.8 Å². The molecular weight excluding hydrogens is 401 g/mol. The summed E-state index contributed by atoms with van der Waals surface area (Å²) in [5, 5.41) is 2.69. The molecule has 2 aromatic rings. The molecule has 3 rings (SSSR count). The van der Waals surface area contributed by atoms with Crippen molar-refractivity contribution in [3.05, 3.63) is 58.4 Å². The number of anilines is 1. The van der Waals surface area contributed by atoms with E-state index >= 15 is 0 Å². The third-order valence-electron chi connectivity index (χ3n) is 4.30. The number of halogens is 2. The zero-order chi connectivity index (χ0) is 20.4. The Balaban J connectivity index is 1.69. The standard InChI is InChI=1S/C20H19ClFN3O2S/c1-11-4-7-16(12(2)8-11)24-18(26)10-17-19(27)25(3)20(28-17)23-13-5-6-15(22)14(21)9-13/h4-9,17H,10H2,1-3H3,(H,24,26)/t17-/m0/s1. The lowest BCUT2D eigenvalue weighted by Crippen LogP contribution is -2.30. The van der Waals surface area contributed by atoms with Crippen molar-refractivity contribution in [2.45, 2.75) is 25.5 Å². The molecule has 0 unspecified atom stereocenters. The Morgan fingerprint density at radius 2 is 2.04 bits per heavy atom. The van der Waals surface area contributed by atoms with Crippen molar-refractivity contribution >= 4 is 51.7 Å². The lowest BCUT2D eigenvalue weighted by molar-refractivity contribution is -0.127. The number of thioether (sulfide) groups is 1. The molecule has 0 bridgehead atoms.